The molecule has 3 rings (SSSR count). The zero-order chi connectivity index (χ0) is 20.6. The van der Waals surface area contributed by atoms with Crippen LogP contribution in [-0.2, 0) is 19.1 Å². The van der Waals surface area contributed by atoms with E-state index in [0.29, 0.717) is 18.7 Å². The van der Waals surface area contributed by atoms with Gasteiger partial charge in [-0.2, -0.15) is 0 Å². The molecule has 1 N–H and O–H groups in total. The van der Waals surface area contributed by atoms with Crippen LogP contribution in [0.15, 0.2) is 54.6 Å². The molecule has 0 unspecified atom stereocenters. The fourth-order valence-corrected chi connectivity index (χ4v) is 3.35. The van der Waals surface area contributed by atoms with Crippen LogP contribution in [0.4, 0.5) is 5.69 Å². The zero-order valence-electron chi connectivity index (χ0n) is 16.6. The minimum absolute atomic E-state index is 0.0339. The van der Waals surface area contributed by atoms with Crippen molar-refractivity contribution in [1.82, 2.24) is 4.90 Å². The molecule has 6 heteroatoms. The second-order valence-electron chi connectivity index (χ2n) is 7.16. The summed E-state index contributed by atoms with van der Waals surface area (Å²) < 4.78 is 5.28. The van der Waals surface area contributed by atoms with Crippen molar-refractivity contribution in [3.05, 3.63) is 54.6 Å². The molecular weight excluding hydrogens is 368 g/mol. The van der Waals surface area contributed by atoms with E-state index in [2.05, 4.69) is 5.32 Å². The molecule has 6 nitrogen and oxygen atoms in total. The molecule has 0 saturated carbocycles. The smallest absolute Gasteiger partial charge is 0.326 e. The second kappa shape index (κ2) is 9.87. The number of esters is 1. The van der Waals surface area contributed by atoms with E-state index in [1.165, 1.54) is 11.8 Å². The van der Waals surface area contributed by atoms with E-state index >= 15 is 0 Å². The van der Waals surface area contributed by atoms with Crippen LogP contribution in [0.3, 0.4) is 0 Å². The number of benzene rings is 2. The molecule has 0 aliphatic carbocycles. The van der Waals surface area contributed by atoms with E-state index in [-0.39, 0.29) is 12.5 Å². The average Bonchev–Trinajstić information content (AvgIpc) is 2.93. The molecule has 2 aromatic rings. The number of hydrogen-bond donors (Lipinski definition) is 1. The maximum atomic E-state index is 12.6. The first-order valence-corrected chi connectivity index (χ1v) is 9.97. The van der Waals surface area contributed by atoms with Gasteiger partial charge < -0.3 is 15.0 Å². The Hall–Kier alpha value is -3.15. The number of ether oxygens (including phenoxy) is 1. The molecule has 0 aromatic heterocycles. The van der Waals surface area contributed by atoms with Crippen LogP contribution < -0.4 is 5.32 Å². The maximum absolute atomic E-state index is 12.6. The highest BCUT2D eigenvalue weighted by molar-refractivity contribution is 5.98. The van der Waals surface area contributed by atoms with E-state index in [9.17, 15) is 14.4 Å². The first kappa shape index (κ1) is 20.6. The van der Waals surface area contributed by atoms with Crippen molar-refractivity contribution in [2.75, 3.05) is 18.4 Å². The monoisotopic (exact) mass is 394 g/mol. The predicted molar refractivity (Wildman–Crippen MR) is 111 cm³/mol. The number of carbonyl (C=O) groups is 3. The zero-order valence-corrected chi connectivity index (χ0v) is 16.6. The van der Waals surface area contributed by atoms with Crippen molar-refractivity contribution in [1.29, 1.82) is 0 Å². The molecule has 1 aliphatic heterocycles. The summed E-state index contributed by atoms with van der Waals surface area (Å²) in [6, 6.07) is 17.2. The highest BCUT2D eigenvalue weighted by Crippen LogP contribution is 2.27. The van der Waals surface area contributed by atoms with Crippen molar-refractivity contribution in [2.24, 2.45) is 0 Å². The third-order valence-electron chi connectivity index (χ3n) is 4.94. The minimum atomic E-state index is -0.964. The van der Waals surface area contributed by atoms with Gasteiger partial charge in [0.05, 0.1) is 0 Å². The topological polar surface area (TPSA) is 75.7 Å². The lowest BCUT2D eigenvalue weighted by Crippen LogP contribution is -2.38. The van der Waals surface area contributed by atoms with Gasteiger partial charge in [0.25, 0.3) is 5.91 Å². The molecule has 152 valence electrons. The highest BCUT2D eigenvalue weighted by atomic mass is 16.5. The third kappa shape index (κ3) is 5.67. The summed E-state index contributed by atoms with van der Waals surface area (Å²) >= 11 is 0. The normalized spacial score (nSPS) is 15.3. The van der Waals surface area contributed by atoms with Gasteiger partial charge in [-0.05, 0) is 31.4 Å². The van der Waals surface area contributed by atoms with Crippen molar-refractivity contribution in [3.63, 3.8) is 0 Å². The summed E-state index contributed by atoms with van der Waals surface area (Å²) in [6.45, 7) is 1.97. The molecule has 1 saturated heterocycles. The molecule has 2 aromatic carbocycles. The Morgan fingerprint density at radius 3 is 2.55 bits per heavy atom. The number of hydrogen-bond acceptors (Lipinski definition) is 4. The summed E-state index contributed by atoms with van der Waals surface area (Å²) in [7, 11) is 0. The molecule has 1 fully saturated rings. The number of carbonyl (C=O) groups excluding carboxylic acids is 3. The summed E-state index contributed by atoms with van der Waals surface area (Å²) in [6.07, 6.45) is 2.21. The molecule has 0 radical (unpaired) electrons. The van der Waals surface area contributed by atoms with E-state index < -0.39 is 18.0 Å². The van der Waals surface area contributed by atoms with E-state index in [1.54, 1.807) is 0 Å². The summed E-state index contributed by atoms with van der Waals surface area (Å²) in [5, 5.41) is 2.84. The van der Waals surface area contributed by atoms with Crippen LogP contribution in [0.25, 0.3) is 11.1 Å². The van der Waals surface area contributed by atoms with Gasteiger partial charge in [-0.3, -0.25) is 14.4 Å². The van der Waals surface area contributed by atoms with Crippen molar-refractivity contribution >= 4 is 23.5 Å². The molecular formula is C23H26N2O4. The van der Waals surface area contributed by atoms with Gasteiger partial charge in [0.15, 0.2) is 6.10 Å². The Morgan fingerprint density at radius 2 is 1.76 bits per heavy atom. The fourth-order valence-electron chi connectivity index (χ4n) is 3.35. The minimum Gasteiger partial charge on any atom is -0.451 e. The molecule has 29 heavy (non-hydrogen) atoms. The molecule has 0 spiro atoms. The van der Waals surface area contributed by atoms with Crippen molar-refractivity contribution < 1.29 is 19.1 Å². The first-order valence-electron chi connectivity index (χ1n) is 9.97. The predicted octanol–water partition coefficient (Wildman–Crippen LogP) is 3.63. The van der Waals surface area contributed by atoms with E-state index in [1.807, 2.05) is 54.6 Å². The van der Waals surface area contributed by atoms with Crippen molar-refractivity contribution in [3.8, 4) is 11.1 Å². The number of nitrogens with zero attached hydrogens (tertiary/aromatic N) is 1. The Morgan fingerprint density at radius 1 is 1.03 bits per heavy atom. The van der Waals surface area contributed by atoms with Crippen LogP contribution in [0.1, 0.15) is 32.6 Å². The number of amides is 2. The van der Waals surface area contributed by atoms with E-state index in [0.717, 1.165) is 30.4 Å². The SMILES string of the molecule is C[C@@H](OC(=O)CN1CCCCCC1=O)C(=O)Nc1ccccc1-c1ccccc1. The van der Waals surface area contributed by atoms with E-state index in [4.69, 9.17) is 4.74 Å². The van der Waals surface area contributed by atoms with Crippen LogP contribution in [0, 0.1) is 0 Å². The quantitative estimate of drug-likeness (QED) is 0.759. The van der Waals surface area contributed by atoms with Gasteiger partial charge in [0.2, 0.25) is 5.91 Å². The maximum Gasteiger partial charge on any atom is 0.326 e. The Bertz CT molecular complexity index is 866. The lowest BCUT2D eigenvalue weighted by atomic mass is 10.0. The summed E-state index contributed by atoms with van der Waals surface area (Å²) in [5.41, 5.74) is 2.51. The Kier molecular flexibility index (Phi) is 7.00. The number of nitrogens with one attached hydrogen (secondary N) is 1. The number of rotatable bonds is 6. The lowest BCUT2D eigenvalue weighted by molar-refractivity contribution is -0.156. The molecule has 1 aliphatic rings. The van der Waals surface area contributed by atoms with Crippen LogP contribution >= 0.6 is 0 Å². The van der Waals surface area contributed by atoms with Gasteiger partial charge in [-0.25, -0.2) is 0 Å². The molecule has 0 bridgehead atoms. The van der Waals surface area contributed by atoms with Crippen LogP contribution in [0.5, 0.6) is 0 Å². The fraction of sp³-hybridized carbons (Fsp3) is 0.348. The summed E-state index contributed by atoms with van der Waals surface area (Å²) in [5.74, 6) is -1.02. The van der Waals surface area contributed by atoms with Gasteiger partial charge in [0, 0.05) is 24.2 Å². The molecule has 1 heterocycles. The van der Waals surface area contributed by atoms with Gasteiger partial charge in [-0.1, -0.05) is 55.0 Å². The number of likely N-dealkylation sites (tertiary alicyclic amines) is 1. The first-order chi connectivity index (χ1) is 14.0. The van der Waals surface area contributed by atoms with Crippen LogP contribution in [0.2, 0.25) is 0 Å². The van der Waals surface area contributed by atoms with Crippen molar-refractivity contribution in [2.45, 2.75) is 38.7 Å². The number of para-hydroxylation sites is 1. The average molecular weight is 394 g/mol. The standard InChI is InChI=1S/C23H26N2O4/c1-17(29-22(27)16-25-15-9-3-6-14-21(25)26)23(28)24-20-13-8-7-12-19(20)18-10-4-2-5-11-18/h2,4-5,7-8,10-13,17H,3,6,9,14-16H2,1H3,(H,24,28)/t17-/m1/s1. The lowest BCUT2D eigenvalue weighted by Gasteiger charge is -2.21. The number of anilines is 1. The Labute approximate surface area is 170 Å². The largest absolute Gasteiger partial charge is 0.451 e. The summed E-state index contributed by atoms with van der Waals surface area (Å²) in [4.78, 5) is 38.3. The highest BCUT2D eigenvalue weighted by Gasteiger charge is 2.23. The molecule has 2 amide bonds. The van der Waals surface area contributed by atoms with Gasteiger partial charge >= 0.3 is 5.97 Å². The molecule has 1 atom stereocenters. The third-order valence-corrected chi connectivity index (χ3v) is 4.94. The Balaban J connectivity index is 1.60. The van der Waals surface area contributed by atoms with Crippen LogP contribution in [-0.4, -0.2) is 41.9 Å². The second-order valence-corrected chi connectivity index (χ2v) is 7.16. The van der Waals surface area contributed by atoms with Gasteiger partial charge in [0.1, 0.15) is 6.54 Å². The van der Waals surface area contributed by atoms with Gasteiger partial charge in [-0.15, -0.1) is 0 Å².